The third kappa shape index (κ3) is 3.62. The van der Waals surface area contributed by atoms with Crippen LogP contribution in [0, 0.1) is 0 Å². The number of fused-ring (bicyclic) bond motifs is 2. The van der Waals surface area contributed by atoms with Gasteiger partial charge in [-0.05, 0) is 42.1 Å². The van der Waals surface area contributed by atoms with Gasteiger partial charge in [0.05, 0.1) is 6.04 Å². The van der Waals surface area contributed by atoms with Crippen LogP contribution in [0.5, 0.6) is 0 Å². The van der Waals surface area contributed by atoms with E-state index in [-0.39, 0.29) is 24.8 Å². The van der Waals surface area contributed by atoms with Crippen molar-refractivity contribution in [2.45, 2.75) is 18.9 Å². The molecule has 0 radical (unpaired) electrons. The van der Waals surface area contributed by atoms with Crippen LogP contribution in [0.3, 0.4) is 0 Å². The molecule has 4 rings (SSSR count). The molecule has 0 bridgehead atoms. The molecule has 2 nitrogen and oxygen atoms in total. The summed E-state index contributed by atoms with van der Waals surface area (Å²) >= 11 is 0. The van der Waals surface area contributed by atoms with Crippen LogP contribution in [0.15, 0.2) is 48.5 Å². The molecular formula is C20H26Cl2N2. The zero-order valence-corrected chi connectivity index (χ0v) is 15.8. The van der Waals surface area contributed by atoms with E-state index in [2.05, 4.69) is 65.4 Å². The summed E-state index contributed by atoms with van der Waals surface area (Å²) in [5, 5.41) is 0. The van der Waals surface area contributed by atoms with Crippen molar-refractivity contribution in [3.63, 3.8) is 0 Å². The van der Waals surface area contributed by atoms with Crippen molar-refractivity contribution in [3.05, 3.63) is 70.8 Å². The fourth-order valence-electron chi connectivity index (χ4n) is 3.97. The van der Waals surface area contributed by atoms with E-state index in [9.17, 15) is 0 Å². The maximum absolute atomic E-state index is 2.68. The van der Waals surface area contributed by atoms with Gasteiger partial charge < -0.3 is 4.90 Å². The topological polar surface area (TPSA) is 6.48 Å². The molecule has 0 N–H and O–H groups in total. The van der Waals surface area contributed by atoms with Crippen molar-refractivity contribution in [2.75, 3.05) is 33.2 Å². The van der Waals surface area contributed by atoms with Gasteiger partial charge in [-0.3, -0.25) is 4.90 Å². The zero-order chi connectivity index (χ0) is 14.9. The molecule has 0 atom stereocenters. The van der Waals surface area contributed by atoms with E-state index < -0.39 is 0 Å². The zero-order valence-electron chi connectivity index (χ0n) is 14.1. The second kappa shape index (κ2) is 8.35. The van der Waals surface area contributed by atoms with Gasteiger partial charge >= 0.3 is 0 Å². The average molecular weight is 365 g/mol. The molecule has 1 saturated heterocycles. The number of halogens is 2. The predicted molar refractivity (Wildman–Crippen MR) is 106 cm³/mol. The molecule has 0 spiro atoms. The lowest BCUT2D eigenvalue weighted by molar-refractivity contribution is 0.127. The van der Waals surface area contributed by atoms with E-state index in [1.165, 1.54) is 35.3 Å². The van der Waals surface area contributed by atoms with E-state index in [1.807, 2.05) is 0 Å². The Hall–Kier alpha value is -1.06. The van der Waals surface area contributed by atoms with Crippen LogP contribution in [0.4, 0.5) is 0 Å². The Balaban J connectivity index is 0.00000104. The number of piperazine rings is 1. The van der Waals surface area contributed by atoms with E-state index in [0.717, 1.165) is 25.9 Å². The molecule has 24 heavy (non-hydrogen) atoms. The Morgan fingerprint density at radius 2 is 1.17 bits per heavy atom. The Labute approximate surface area is 157 Å². The molecule has 1 heterocycles. The summed E-state index contributed by atoms with van der Waals surface area (Å²) < 4.78 is 0. The highest BCUT2D eigenvalue weighted by Gasteiger charge is 2.29. The predicted octanol–water partition coefficient (Wildman–Crippen LogP) is 3.97. The Bertz CT molecular complexity index is 619. The van der Waals surface area contributed by atoms with Gasteiger partial charge in [-0.2, -0.15) is 0 Å². The van der Waals surface area contributed by atoms with Crippen molar-refractivity contribution >= 4 is 24.8 Å². The van der Waals surface area contributed by atoms with Gasteiger partial charge in [0, 0.05) is 26.2 Å². The van der Waals surface area contributed by atoms with Gasteiger partial charge in [-0.25, -0.2) is 0 Å². The van der Waals surface area contributed by atoms with Crippen LogP contribution in [0.1, 0.15) is 28.3 Å². The molecule has 2 aromatic carbocycles. The van der Waals surface area contributed by atoms with Crippen LogP contribution < -0.4 is 0 Å². The number of aryl methyl sites for hydroxylation is 2. The summed E-state index contributed by atoms with van der Waals surface area (Å²) in [6.07, 6.45) is 2.33. The van der Waals surface area contributed by atoms with Crippen molar-refractivity contribution < 1.29 is 0 Å². The Morgan fingerprint density at radius 3 is 1.67 bits per heavy atom. The molecule has 2 aromatic rings. The molecule has 1 fully saturated rings. The second-order valence-electron chi connectivity index (χ2n) is 6.64. The number of likely N-dealkylation sites (N-methyl/N-ethyl adjacent to an activating group) is 1. The first-order chi connectivity index (χ1) is 10.8. The molecule has 0 amide bonds. The van der Waals surface area contributed by atoms with Crippen molar-refractivity contribution in [1.82, 2.24) is 9.80 Å². The van der Waals surface area contributed by atoms with Gasteiger partial charge in [0.2, 0.25) is 0 Å². The van der Waals surface area contributed by atoms with Crippen LogP contribution in [0.2, 0.25) is 0 Å². The summed E-state index contributed by atoms with van der Waals surface area (Å²) in [4.78, 5) is 5.12. The minimum absolute atomic E-state index is 0. The molecule has 4 heteroatoms. The fraction of sp³-hybridized carbons (Fsp3) is 0.400. The van der Waals surface area contributed by atoms with Gasteiger partial charge in [0.1, 0.15) is 0 Å². The monoisotopic (exact) mass is 364 g/mol. The number of benzene rings is 2. The Morgan fingerprint density at radius 1 is 0.708 bits per heavy atom. The van der Waals surface area contributed by atoms with Gasteiger partial charge in [0.15, 0.2) is 0 Å². The summed E-state index contributed by atoms with van der Waals surface area (Å²) in [6, 6.07) is 18.6. The normalized spacial score (nSPS) is 18.5. The maximum Gasteiger partial charge on any atom is 0.0608 e. The SMILES string of the molecule is CN1CCN(C2c3ccccc3CCc3ccccc32)CC1.Cl.Cl. The first kappa shape index (κ1) is 19.3. The third-order valence-corrected chi connectivity index (χ3v) is 5.27. The quantitative estimate of drug-likeness (QED) is 0.755. The standard InChI is InChI=1S/C20H24N2.2ClH/c1-21-12-14-22(15-13-21)20-18-8-4-2-6-16(18)10-11-17-7-3-5-9-19(17)20;;/h2-9,20H,10-15H2,1H3;2*1H. The lowest BCUT2D eigenvalue weighted by Crippen LogP contribution is -2.46. The second-order valence-corrected chi connectivity index (χ2v) is 6.64. The Kier molecular flexibility index (Phi) is 6.70. The summed E-state index contributed by atoms with van der Waals surface area (Å²) in [5.74, 6) is 0. The average Bonchev–Trinajstić information content (AvgIpc) is 2.73. The van der Waals surface area contributed by atoms with Crippen molar-refractivity contribution in [2.24, 2.45) is 0 Å². The van der Waals surface area contributed by atoms with Crippen LogP contribution in [-0.2, 0) is 12.8 Å². The maximum atomic E-state index is 2.68. The minimum Gasteiger partial charge on any atom is -0.304 e. The van der Waals surface area contributed by atoms with Gasteiger partial charge in [0.25, 0.3) is 0 Å². The highest BCUT2D eigenvalue weighted by Crippen LogP contribution is 2.36. The molecule has 0 aromatic heterocycles. The van der Waals surface area contributed by atoms with E-state index >= 15 is 0 Å². The summed E-state index contributed by atoms with van der Waals surface area (Å²) in [5.41, 5.74) is 6.11. The fourth-order valence-corrected chi connectivity index (χ4v) is 3.97. The van der Waals surface area contributed by atoms with E-state index in [4.69, 9.17) is 0 Å². The minimum atomic E-state index is 0. The first-order valence-electron chi connectivity index (χ1n) is 8.41. The third-order valence-electron chi connectivity index (χ3n) is 5.27. The van der Waals surface area contributed by atoms with Crippen molar-refractivity contribution in [1.29, 1.82) is 0 Å². The highest BCUT2D eigenvalue weighted by atomic mass is 35.5. The van der Waals surface area contributed by atoms with Gasteiger partial charge in [-0.15, -0.1) is 24.8 Å². The lowest BCUT2D eigenvalue weighted by atomic mass is 9.93. The number of rotatable bonds is 1. The van der Waals surface area contributed by atoms with E-state index in [1.54, 1.807) is 0 Å². The van der Waals surface area contributed by atoms with Crippen LogP contribution >= 0.6 is 24.8 Å². The largest absolute Gasteiger partial charge is 0.304 e. The molecule has 1 aliphatic carbocycles. The molecule has 130 valence electrons. The molecule has 2 aliphatic rings. The van der Waals surface area contributed by atoms with E-state index in [0.29, 0.717) is 6.04 Å². The number of hydrogen-bond acceptors (Lipinski definition) is 2. The van der Waals surface area contributed by atoms with Crippen molar-refractivity contribution in [3.8, 4) is 0 Å². The molecule has 0 saturated carbocycles. The summed E-state index contributed by atoms with van der Waals surface area (Å²) in [6.45, 7) is 4.65. The number of nitrogens with zero attached hydrogens (tertiary/aromatic N) is 2. The smallest absolute Gasteiger partial charge is 0.0608 e. The summed E-state index contributed by atoms with van der Waals surface area (Å²) in [7, 11) is 2.23. The van der Waals surface area contributed by atoms with Crippen LogP contribution in [0.25, 0.3) is 0 Å². The van der Waals surface area contributed by atoms with Gasteiger partial charge in [-0.1, -0.05) is 48.5 Å². The highest BCUT2D eigenvalue weighted by molar-refractivity contribution is 5.85. The molecular weight excluding hydrogens is 339 g/mol. The van der Waals surface area contributed by atoms with Crippen LogP contribution in [-0.4, -0.2) is 43.0 Å². The molecule has 1 aliphatic heterocycles. The number of hydrogen-bond donors (Lipinski definition) is 0. The molecule has 0 unspecified atom stereocenters. The first-order valence-corrected chi connectivity index (χ1v) is 8.41. The lowest BCUT2D eigenvalue weighted by Gasteiger charge is -2.39.